The smallest absolute Gasteiger partial charge is 0.226 e. The summed E-state index contributed by atoms with van der Waals surface area (Å²) in [5.41, 5.74) is 8.59. The number of carbonyl (C=O) groups excluding carboxylic acids is 1. The molecule has 2 aromatic heterocycles. The van der Waals surface area contributed by atoms with Gasteiger partial charge in [0, 0.05) is 31.1 Å². The van der Waals surface area contributed by atoms with Crippen molar-refractivity contribution in [3.05, 3.63) is 35.4 Å². The van der Waals surface area contributed by atoms with Crippen LogP contribution in [0.3, 0.4) is 0 Å². The molecule has 3 heterocycles. The van der Waals surface area contributed by atoms with Crippen molar-refractivity contribution in [1.29, 1.82) is 0 Å². The highest BCUT2D eigenvalue weighted by molar-refractivity contribution is 5.96. The zero-order valence-electron chi connectivity index (χ0n) is 14.9. The van der Waals surface area contributed by atoms with Gasteiger partial charge in [-0.15, -0.1) is 0 Å². The predicted molar refractivity (Wildman–Crippen MR) is 98.4 cm³/mol. The fraction of sp³-hybridized carbons (Fsp3) is 0.444. The van der Waals surface area contributed by atoms with E-state index in [0.717, 1.165) is 41.4 Å². The van der Waals surface area contributed by atoms with Gasteiger partial charge in [0.15, 0.2) is 5.82 Å². The van der Waals surface area contributed by atoms with E-state index in [2.05, 4.69) is 27.1 Å². The van der Waals surface area contributed by atoms with Gasteiger partial charge in [0.25, 0.3) is 0 Å². The molecule has 1 aliphatic heterocycles. The average Bonchev–Trinajstić information content (AvgIpc) is 2.79. The van der Waals surface area contributed by atoms with Crippen LogP contribution < -0.4 is 16.0 Å². The quantitative estimate of drug-likeness (QED) is 0.887. The first-order valence-corrected chi connectivity index (χ1v) is 8.71. The lowest BCUT2D eigenvalue weighted by Crippen LogP contribution is -2.30. The molecule has 3 rings (SSSR count). The van der Waals surface area contributed by atoms with Crippen LogP contribution in [0.25, 0.3) is 0 Å². The number of aryl methyl sites for hydroxylation is 2. The maximum absolute atomic E-state index is 12.2. The van der Waals surface area contributed by atoms with Gasteiger partial charge in [-0.1, -0.05) is 19.9 Å². The van der Waals surface area contributed by atoms with Crippen molar-refractivity contribution in [2.75, 3.05) is 22.5 Å². The molecule has 0 bridgehead atoms. The van der Waals surface area contributed by atoms with Crippen molar-refractivity contribution in [3.8, 4) is 0 Å². The molecule has 1 amide bonds. The number of carbonyl (C=O) groups is 1. The highest BCUT2D eigenvalue weighted by atomic mass is 16.1. The third-order valence-electron chi connectivity index (χ3n) is 4.57. The minimum atomic E-state index is -0.0514. The minimum absolute atomic E-state index is 0.0161. The van der Waals surface area contributed by atoms with Crippen LogP contribution in [-0.2, 0) is 17.6 Å². The molecule has 0 fully saturated rings. The number of hydrogen-bond acceptors (Lipinski definition) is 6. The number of aromatic nitrogens is 3. The summed E-state index contributed by atoms with van der Waals surface area (Å²) in [7, 11) is 0. The molecule has 2 aromatic rings. The molecule has 7 nitrogen and oxygen atoms in total. The summed E-state index contributed by atoms with van der Waals surface area (Å²) >= 11 is 0. The Balaban J connectivity index is 2.13. The molecule has 1 unspecified atom stereocenters. The summed E-state index contributed by atoms with van der Waals surface area (Å²) < 4.78 is 0. The Morgan fingerprint density at radius 1 is 1.32 bits per heavy atom. The van der Waals surface area contributed by atoms with Crippen molar-refractivity contribution in [1.82, 2.24) is 15.0 Å². The molecule has 0 radical (unpaired) electrons. The maximum Gasteiger partial charge on any atom is 0.226 e. The molecule has 7 heteroatoms. The highest BCUT2D eigenvalue weighted by Crippen LogP contribution is 2.36. The number of nitrogen functional groups attached to an aromatic ring is 1. The minimum Gasteiger partial charge on any atom is -0.383 e. The number of hydrogen-bond donors (Lipinski definition) is 2. The number of nitrogens with one attached hydrogen (secondary N) is 1. The number of fused-ring (bicyclic) bond motifs is 1. The number of rotatable bonds is 4. The van der Waals surface area contributed by atoms with Crippen molar-refractivity contribution < 1.29 is 4.79 Å². The fourth-order valence-corrected chi connectivity index (χ4v) is 3.15. The van der Waals surface area contributed by atoms with E-state index in [0.29, 0.717) is 18.8 Å². The normalized spacial score (nSPS) is 15.3. The Morgan fingerprint density at radius 2 is 2.12 bits per heavy atom. The van der Waals surface area contributed by atoms with E-state index in [9.17, 15) is 4.79 Å². The zero-order chi connectivity index (χ0) is 18.0. The molecule has 0 aliphatic carbocycles. The van der Waals surface area contributed by atoms with Gasteiger partial charge in [-0.3, -0.25) is 4.79 Å². The van der Waals surface area contributed by atoms with Crippen LogP contribution in [0.15, 0.2) is 18.3 Å². The first-order valence-electron chi connectivity index (χ1n) is 8.71. The van der Waals surface area contributed by atoms with E-state index < -0.39 is 0 Å². The summed E-state index contributed by atoms with van der Waals surface area (Å²) in [5.74, 6) is 2.03. The maximum atomic E-state index is 12.2. The van der Waals surface area contributed by atoms with Gasteiger partial charge in [0.2, 0.25) is 5.91 Å². The van der Waals surface area contributed by atoms with Crippen LogP contribution >= 0.6 is 0 Å². The second-order valence-electron chi connectivity index (χ2n) is 6.14. The predicted octanol–water partition coefficient (Wildman–Crippen LogP) is 2.49. The van der Waals surface area contributed by atoms with Crippen molar-refractivity contribution >= 4 is 23.2 Å². The van der Waals surface area contributed by atoms with Crippen LogP contribution in [0.4, 0.5) is 17.3 Å². The third kappa shape index (κ3) is 3.26. The second-order valence-corrected chi connectivity index (χ2v) is 6.14. The lowest BCUT2D eigenvalue weighted by molar-refractivity contribution is -0.116. The summed E-state index contributed by atoms with van der Waals surface area (Å²) in [6.07, 6.45) is 3.55. The second kappa shape index (κ2) is 7.04. The Labute approximate surface area is 147 Å². The number of anilines is 3. The van der Waals surface area contributed by atoms with Crippen molar-refractivity contribution in [2.24, 2.45) is 0 Å². The van der Waals surface area contributed by atoms with Gasteiger partial charge in [-0.2, -0.15) is 0 Å². The Morgan fingerprint density at radius 3 is 2.80 bits per heavy atom. The van der Waals surface area contributed by atoms with E-state index in [4.69, 9.17) is 10.7 Å². The molecule has 0 spiro atoms. The van der Waals surface area contributed by atoms with Crippen LogP contribution in [0, 0.1) is 0 Å². The summed E-state index contributed by atoms with van der Waals surface area (Å²) in [4.78, 5) is 27.9. The highest BCUT2D eigenvalue weighted by Gasteiger charge is 2.28. The van der Waals surface area contributed by atoms with Crippen molar-refractivity contribution in [2.45, 2.75) is 46.1 Å². The first kappa shape index (κ1) is 17.1. The zero-order valence-corrected chi connectivity index (χ0v) is 14.9. The first-order chi connectivity index (χ1) is 12.0. The molecule has 0 saturated carbocycles. The van der Waals surface area contributed by atoms with Crippen LogP contribution in [-0.4, -0.2) is 27.4 Å². The molecule has 1 atom stereocenters. The van der Waals surface area contributed by atoms with Crippen molar-refractivity contribution in [3.63, 3.8) is 0 Å². The van der Waals surface area contributed by atoms with Gasteiger partial charge < -0.3 is 16.0 Å². The van der Waals surface area contributed by atoms with Gasteiger partial charge in [-0.25, -0.2) is 15.0 Å². The fourth-order valence-electron chi connectivity index (χ4n) is 3.15. The standard InChI is InChI=1S/C18H24N6O/c1-4-13-16-18(22-14(5-2)21-13)24(10-8-15(25)23-16)11(3)12-7-6-9-20-17(12)19/h6-7,9,11H,4-5,8,10H2,1-3H3,(H2,19,20)(H,23,25). The number of amides is 1. The number of pyridine rings is 1. The van der Waals surface area contributed by atoms with E-state index in [1.807, 2.05) is 26.0 Å². The van der Waals surface area contributed by atoms with E-state index in [1.54, 1.807) is 6.20 Å². The van der Waals surface area contributed by atoms with E-state index >= 15 is 0 Å². The Kier molecular flexibility index (Phi) is 4.83. The molecule has 1 aliphatic rings. The van der Waals surface area contributed by atoms with Crippen LogP contribution in [0.2, 0.25) is 0 Å². The molecule has 3 N–H and O–H groups in total. The van der Waals surface area contributed by atoms with E-state index in [1.165, 1.54) is 0 Å². The summed E-state index contributed by atoms with van der Waals surface area (Å²) in [6, 6.07) is 3.79. The van der Waals surface area contributed by atoms with Gasteiger partial charge in [0.05, 0.1) is 11.7 Å². The monoisotopic (exact) mass is 340 g/mol. The van der Waals surface area contributed by atoms with Gasteiger partial charge in [-0.05, 0) is 19.4 Å². The Bertz CT molecular complexity index is 791. The largest absolute Gasteiger partial charge is 0.383 e. The lowest BCUT2D eigenvalue weighted by Gasteiger charge is -2.31. The number of nitrogens with two attached hydrogens (primary N) is 1. The summed E-state index contributed by atoms with van der Waals surface area (Å²) in [5, 5.41) is 2.99. The topological polar surface area (TPSA) is 97.0 Å². The summed E-state index contributed by atoms with van der Waals surface area (Å²) in [6.45, 7) is 6.69. The number of nitrogens with zero attached hydrogens (tertiary/aromatic N) is 4. The van der Waals surface area contributed by atoms with E-state index in [-0.39, 0.29) is 11.9 Å². The molecule has 25 heavy (non-hydrogen) atoms. The van der Waals surface area contributed by atoms with Crippen LogP contribution in [0.5, 0.6) is 0 Å². The lowest BCUT2D eigenvalue weighted by atomic mass is 10.1. The van der Waals surface area contributed by atoms with Gasteiger partial charge in [0.1, 0.15) is 17.3 Å². The SMILES string of the molecule is CCc1nc(CC)c2c(n1)N(C(C)c1cccnc1N)CCC(=O)N2. The Hall–Kier alpha value is -2.70. The molecular weight excluding hydrogens is 316 g/mol. The molecule has 0 aromatic carbocycles. The third-order valence-corrected chi connectivity index (χ3v) is 4.57. The molecular formula is C18H24N6O. The molecule has 0 saturated heterocycles. The molecule has 132 valence electrons. The van der Waals surface area contributed by atoms with Crippen LogP contribution in [0.1, 0.15) is 50.3 Å². The van der Waals surface area contributed by atoms with Gasteiger partial charge >= 0.3 is 0 Å². The average molecular weight is 340 g/mol.